The number of hydrazine groups is 1. The first-order valence-corrected chi connectivity index (χ1v) is 7.85. The summed E-state index contributed by atoms with van der Waals surface area (Å²) < 4.78 is 2.80. The fourth-order valence-electron chi connectivity index (χ4n) is 2.33. The summed E-state index contributed by atoms with van der Waals surface area (Å²) in [6.45, 7) is 0.574. The molecular weight excluding hydrogens is 356 g/mol. The first kappa shape index (κ1) is 15.5. The van der Waals surface area contributed by atoms with Crippen LogP contribution in [0.5, 0.6) is 0 Å². The Labute approximate surface area is 142 Å². The SMILES string of the molecule is NNC(=O)c1cc(-c2ccc(Br)cc2)n(Cc2ccccc2)n1. The van der Waals surface area contributed by atoms with Crippen molar-refractivity contribution in [3.63, 3.8) is 0 Å². The van der Waals surface area contributed by atoms with Gasteiger partial charge in [-0.3, -0.25) is 14.9 Å². The van der Waals surface area contributed by atoms with Crippen LogP contribution in [0.1, 0.15) is 16.1 Å². The predicted molar refractivity (Wildman–Crippen MR) is 92.6 cm³/mol. The van der Waals surface area contributed by atoms with Crippen LogP contribution in [-0.2, 0) is 6.54 Å². The van der Waals surface area contributed by atoms with Crippen LogP contribution in [0.3, 0.4) is 0 Å². The molecule has 1 aromatic heterocycles. The first-order valence-electron chi connectivity index (χ1n) is 7.06. The number of benzene rings is 2. The van der Waals surface area contributed by atoms with Crippen LogP contribution in [-0.4, -0.2) is 15.7 Å². The normalized spacial score (nSPS) is 10.5. The summed E-state index contributed by atoms with van der Waals surface area (Å²) in [6, 6.07) is 19.6. The fraction of sp³-hybridized carbons (Fsp3) is 0.0588. The van der Waals surface area contributed by atoms with Crippen molar-refractivity contribution in [2.24, 2.45) is 5.84 Å². The van der Waals surface area contributed by atoms with Gasteiger partial charge in [-0.05, 0) is 29.3 Å². The maximum Gasteiger partial charge on any atom is 0.285 e. The zero-order valence-electron chi connectivity index (χ0n) is 12.2. The Morgan fingerprint density at radius 2 is 1.83 bits per heavy atom. The highest BCUT2D eigenvalue weighted by Gasteiger charge is 2.15. The number of nitrogens with two attached hydrogens (primary N) is 1. The summed E-state index contributed by atoms with van der Waals surface area (Å²) in [5.41, 5.74) is 5.36. The molecule has 0 saturated heterocycles. The van der Waals surface area contributed by atoms with E-state index in [4.69, 9.17) is 5.84 Å². The smallest absolute Gasteiger partial charge is 0.285 e. The second kappa shape index (κ2) is 6.76. The molecule has 3 rings (SSSR count). The van der Waals surface area contributed by atoms with Crippen LogP contribution in [0, 0.1) is 0 Å². The maximum absolute atomic E-state index is 11.8. The summed E-state index contributed by atoms with van der Waals surface area (Å²) in [5.74, 6) is 4.81. The third-order valence-corrected chi connectivity index (χ3v) is 3.99. The van der Waals surface area contributed by atoms with E-state index in [0.717, 1.165) is 21.3 Å². The Morgan fingerprint density at radius 3 is 2.48 bits per heavy atom. The zero-order chi connectivity index (χ0) is 16.2. The van der Waals surface area contributed by atoms with Gasteiger partial charge in [0.05, 0.1) is 12.2 Å². The van der Waals surface area contributed by atoms with Crippen molar-refractivity contribution < 1.29 is 4.79 Å². The Hall–Kier alpha value is -2.44. The van der Waals surface area contributed by atoms with E-state index >= 15 is 0 Å². The summed E-state index contributed by atoms with van der Waals surface area (Å²) in [5, 5.41) is 4.39. The van der Waals surface area contributed by atoms with E-state index in [9.17, 15) is 4.79 Å². The van der Waals surface area contributed by atoms with Crippen LogP contribution in [0.15, 0.2) is 65.1 Å². The Balaban J connectivity index is 2.03. The van der Waals surface area contributed by atoms with Crippen molar-refractivity contribution >= 4 is 21.8 Å². The van der Waals surface area contributed by atoms with E-state index in [1.165, 1.54) is 0 Å². The van der Waals surface area contributed by atoms with Gasteiger partial charge in [-0.1, -0.05) is 58.4 Å². The maximum atomic E-state index is 11.8. The molecule has 0 saturated carbocycles. The lowest BCUT2D eigenvalue weighted by Crippen LogP contribution is -2.30. The highest BCUT2D eigenvalue weighted by atomic mass is 79.9. The van der Waals surface area contributed by atoms with Crippen LogP contribution in [0.4, 0.5) is 0 Å². The molecule has 0 aliphatic heterocycles. The number of carbonyl (C=O) groups excluding carboxylic acids is 1. The molecule has 6 heteroatoms. The van der Waals surface area contributed by atoms with E-state index in [1.807, 2.05) is 59.3 Å². The number of hydrogen-bond acceptors (Lipinski definition) is 3. The molecule has 2 aromatic carbocycles. The van der Waals surface area contributed by atoms with Crippen molar-refractivity contribution in [3.8, 4) is 11.3 Å². The Bertz CT molecular complexity index is 812. The lowest BCUT2D eigenvalue weighted by atomic mass is 10.1. The molecule has 3 N–H and O–H groups in total. The van der Waals surface area contributed by atoms with Crippen molar-refractivity contribution in [1.82, 2.24) is 15.2 Å². The first-order chi connectivity index (χ1) is 11.2. The van der Waals surface area contributed by atoms with Gasteiger partial charge >= 0.3 is 0 Å². The fourth-order valence-corrected chi connectivity index (χ4v) is 2.60. The molecule has 0 bridgehead atoms. The highest BCUT2D eigenvalue weighted by Crippen LogP contribution is 2.23. The molecule has 5 nitrogen and oxygen atoms in total. The monoisotopic (exact) mass is 370 g/mol. The summed E-state index contributed by atoms with van der Waals surface area (Å²) in [6.07, 6.45) is 0. The molecular formula is C17H15BrN4O. The van der Waals surface area contributed by atoms with Gasteiger partial charge in [-0.2, -0.15) is 5.10 Å². The van der Waals surface area contributed by atoms with E-state index in [2.05, 4.69) is 26.5 Å². The molecule has 0 radical (unpaired) electrons. The van der Waals surface area contributed by atoms with Crippen molar-refractivity contribution in [2.45, 2.75) is 6.54 Å². The summed E-state index contributed by atoms with van der Waals surface area (Å²) in [4.78, 5) is 11.8. The zero-order valence-corrected chi connectivity index (χ0v) is 13.8. The van der Waals surface area contributed by atoms with Crippen LogP contribution in [0.25, 0.3) is 11.3 Å². The number of rotatable bonds is 4. The number of hydrogen-bond donors (Lipinski definition) is 2. The number of amides is 1. The minimum absolute atomic E-state index is 0.293. The minimum atomic E-state index is -0.407. The lowest BCUT2D eigenvalue weighted by Gasteiger charge is -2.08. The quantitative estimate of drug-likeness (QED) is 0.421. The molecule has 23 heavy (non-hydrogen) atoms. The standard InChI is InChI=1S/C17H15BrN4O/c18-14-8-6-13(7-9-14)16-10-15(17(23)20-19)21-22(16)11-12-4-2-1-3-5-12/h1-10H,11,19H2,(H,20,23). The Morgan fingerprint density at radius 1 is 1.13 bits per heavy atom. The van der Waals surface area contributed by atoms with Crippen molar-refractivity contribution in [3.05, 3.63) is 76.4 Å². The van der Waals surface area contributed by atoms with Crippen LogP contribution in [0.2, 0.25) is 0 Å². The van der Waals surface area contributed by atoms with Gasteiger partial charge in [-0.15, -0.1) is 0 Å². The minimum Gasteiger partial charge on any atom is -0.289 e. The molecule has 0 aliphatic carbocycles. The molecule has 0 fully saturated rings. The van der Waals surface area contributed by atoms with Gasteiger partial charge in [0.25, 0.3) is 5.91 Å². The van der Waals surface area contributed by atoms with E-state index in [0.29, 0.717) is 12.2 Å². The second-order valence-corrected chi connectivity index (χ2v) is 5.95. The largest absolute Gasteiger partial charge is 0.289 e. The topological polar surface area (TPSA) is 72.9 Å². The van der Waals surface area contributed by atoms with Crippen LogP contribution < -0.4 is 11.3 Å². The van der Waals surface area contributed by atoms with E-state index in [1.54, 1.807) is 6.07 Å². The molecule has 3 aromatic rings. The number of halogens is 1. The van der Waals surface area contributed by atoms with Crippen molar-refractivity contribution in [1.29, 1.82) is 0 Å². The number of carbonyl (C=O) groups is 1. The molecule has 1 amide bonds. The van der Waals surface area contributed by atoms with Gasteiger partial charge < -0.3 is 0 Å². The van der Waals surface area contributed by atoms with E-state index in [-0.39, 0.29) is 0 Å². The van der Waals surface area contributed by atoms with Gasteiger partial charge in [0, 0.05) is 4.47 Å². The predicted octanol–water partition coefficient (Wildman–Crippen LogP) is 2.96. The average molecular weight is 371 g/mol. The lowest BCUT2D eigenvalue weighted by molar-refractivity contribution is 0.0948. The van der Waals surface area contributed by atoms with Gasteiger partial charge in [0.2, 0.25) is 0 Å². The van der Waals surface area contributed by atoms with Gasteiger partial charge in [0.15, 0.2) is 5.69 Å². The van der Waals surface area contributed by atoms with Crippen molar-refractivity contribution in [2.75, 3.05) is 0 Å². The Kier molecular flexibility index (Phi) is 4.55. The van der Waals surface area contributed by atoms with Crippen LogP contribution >= 0.6 is 15.9 Å². The number of aromatic nitrogens is 2. The van der Waals surface area contributed by atoms with Gasteiger partial charge in [0.1, 0.15) is 0 Å². The number of nitrogens with one attached hydrogen (secondary N) is 1. The molecule has 1 heterocycles. The molecule has 0 aliphatic rings. The number of nitrogens with zero attached hydrogens (tertiary/aromatic N) is 2. The summed E-state index contributed by atoms with van der Waals surface area (Å²) >= 11 is 3.43. The number of nitrogen functional groups attached to an aromatic ring is 1. The third-order valence-electron chi connectivity index (χ3n) is 3.46. The van der Waals surface area contributed by atoms with E-state index < -0.39 is 5.91 Å². The average Bonchev–Trinajstić information content (AvgIpc) is 2.99. The molecule has 116 valence electrons. The second-order valence-electron chi connectivity index (χ2n) is 5.04. The van der Waals surface area contributed by atoms with Gasteiger partial charge in [-0.25, -0.2) is 5.84 Å². The molecule has 0 spiro atoms. The highest BCUT2D eigenvalue weighted by molar-refractivity contribution is 9.10. The molecule has 0 atom stereocenters. The summed E-state index contributed by atoms with van der Waals surface area (Å²) in [7, 11) is 0. The third kappa shape index (κ3) is 3.49. The molecule has 0 unspecified atom stereocenters.